The summed E-state index contributed by atoms with van der Waals surface area (Å²) < 4.78 is 5.58. The number of benzene rings is 1. The molecule has 1 aromatic heterocycles. The van der Waals surface area contributed by atoms with Gasteiger partial charge in [-0.15, -0.1) is 0 Å². The molecule has 0 saturated carbocycles. The van der Waals surface area contributed by atoms with E-state index < -0.39 is 0 Å². The molecule has 0 aliphatic carbocycles. The van der Waals surface area contributed by atoms with E-state index in [4.69, 9.17) is 4.42 Å². The summed E-state index contributed by atoms with van der Waals surface area (Å²) in [5.74, 6) is 0.576. The number of hydrogen-bond donors (Lipinski definition) is 2. The zero-order valence-electron chi connectivity index (χ0n) is 11.6. The molecule has 0 radical (unpaired) electrons. The molecule has 1 amide bonds. The Morgan fingerprint density at radius 2 is 2.14 bits per heavy atom. The third kappa shape index (κ3) is 2.34. The molecule has 1 aromatic carbocycles. The first kappa shape index (κ1) is 12.6. The van der Waals surface area contributed by atoms with E-state index in [2.05, 4.69) is 15.6 Å². The normalized spacial score (nSPS) is 27.0. The summed E-state index contributed by atoms with van der Waals surface area (Å²) in [6.45, 7) is 0. The molecule has 21 heavy (non-hydrogen) atoms. The first-order chi connectivity index (χ1) is 10.3. The van der Waals surface area contributed by atoms with Crippen molar-refractivity contribution in [2.45, 2.75) is 37.4 Å². The van der Waals surface area contributed by atoms with Gasteiger partial charge in [0.25, 0.3) is 5.91 Å². The molecule has 2 saturated heterocycles. The number of amides is 1. The first-order valence-electron chi connectivity index (χ1n) is 7.38. The Morgan fingerprint density at radius 3 is 2.86 bits per heavy atom. The second-order valence-corrected chi connectivity index (χ2v) is 5.76. The fraction of sp³-hybridized carbons (Fsp3) is 0.375. The van der Waals surface area contributed by atoms with Gasteiger partial charge in [-0.3, -0.25) is 4.79 Å². The van der Waals surface area contributed by atoms with Crippen molar-refractivity contribution in [3.8, 4) is 11.5 Å². The number of fused-ring (bicyclic) bond motifs is 2. The Kier molecular flexibility index (Phi) is 3.00. The van der Waals surface area contributed by atoms with Crippen LogP contribution in [-0.4, -0.2) is 29.0 Å². The lowest BCUT2D eigenvalue weighted by Crippen LogP contribution is -2.42. The number of aromatic nitrogens is 1. The van der Waals surface area contributed by atoms with Crippen molar-refractivity contribution in [2.24, 2.45) is 0 Å². The smallest absolute Gasteiger partial charge is 0.289 e. The van der Waals surface area contributed by atoms with Gasteiger partial charge in [0.2, 0.25) is 11.7 Å². The van der Waals surface area contributed by atoms with Crippen molar-refractivity contribution in [3.63, 3.8) is 0 Å². The summed E-state index contributed by atoms with van der Waals surface area (Å²) >= 11 is 0. The van der Waals surface area contributed by atoms with Crippen LogP contribution in [0.3, 0.4) is 0 Å². The molecule has 2 aliphatic heterocycles. The third-order valence-electron chi connectivity index (χ3n) is 4.37. The predicted molar refractivity (Wildman–Crippen MR) is 77.8 cm³/mol. The SMILES string of the molecule is O=C(NC1CC2CCC1N2)c1cnc(-c2ccccc2)o1. The molecule has 2 N–H and O–H groups in total. The van der Waals surface area contributed by atoms with Gasteiger partial charge in [0, 0.05) is 23.7 Å². The average molecular weight is 283 g/mol. The fourth-order valence-corrected chi connectivity index (χ4v) is 3.32. The van der Waals surface area contributed by atoms with E-state index in [1.165, 1.54) is 12.6 Å². The molecule has 2 aliphatic rings. The Hall–Kier alpha value is -2.14. The van der Waals surface area contributed by atoms with Crippen molar-refractivity contribution >= 4 is 5.91 Å². The maximum Gasteiger partial charge on any atom is 0.289 e. The van der Waals surface area contributed by atoms with Crippen LogP contribution in [0.25, 0.3) is 11.5 Å². The van der Waals surface area contributed by atoms with Crippen LogP contribution in [0.1, 0.15) is 29.8 Å². The number of oxazole rings is 1. The number of nitrogens with zero attached hydrogens (tertiary/aromatic N) is 1. The number of carbonyl (C=O) groups is 1. The summed E-state index contributed by atoms with van der Waals surface area (Å²) in [7, 11) is 0. The van der Waals surface area contributed by atoms with E-state index in [9.17, 15) is 4.79 Å². The van der Waals surface area contributed by atoms with Crippen LogP contribution in [0, 0.1) is 0 Å². The van der Waals surface area contributed by atoms with Crippen molar-refractivity contribution in [3.05, 3.63) is 42.3 Å². The van der Waals surface area contributed by atoms with Gasteiger partial charge in [-0.25, -0.2) is 4.98 Å². The second-order valence-electron chi connectivity index (χ2n) is 5.76. The zero-order chi connectivity index (χ0) is 14.2. The second kappa shape index (κ2) is 5.00. The van der Waals surface area contributed by atoms with Gasteiger partial charge >= 0.3 is 0 Å². The highest BCUT2D eigenvalue weighted by Crippen LogP contribution is 2.28. The molecule has 5 heteroatoms. The van der Waals surface area contributed by atoms with Crippen molar-refractivity contribution in [1.82, 2.24) is 15.6 Å². The monoisotopic (exact) mass is 283 g/mol. The largest absolute Gasteiger partial charge is 0.431 e. The summed E-state index contributed by atoms with van der Waals surface area (Å²) in [5, 5.41) is 6.56. The van der Waals surface area contributed by atoms with Gasteiger partial charge in [0.1, 0.15) is 0 Å². The Bertz CT molecular complexity index is 653. The fourth-order valence-electron chi connectivity index (χ4n) is 3.32. The maximum atomic E-state index is 12.2. The Labute approximate surface area is 122 Å². The third-order valence-corrected chi connectivity index (χ3v) is 4.37. The maximum absolute atomic E-state index is 12.2. The predicted octanol–water partition coefficient (Wildman–Crippen LogP) is 1.96. The molecule has 5 nitrogen and oxygen atoms in total. The van der Waals surface area contributed by atoms with Gasteiger partial charge in [-0.1, -0.05) is 18.2 Å². The van der Waals surface area contributed by atoms with Crippen LogP contribution in [-0.2, 0) is 0 Å². The summed E-state index contributed by atoms with van der Waals surface area (Å²) in [5.41, 5.74) is 0.873. The molecule has 2 bridgehead atoms. The number of carbonyl (C=O) groups excluding carboxylic acids is 1. The lowest BCUT2D eigenvalue weighted by Gasteiger charge is -2.20. The van der Waals surface area contributed by atoms with E-state index >= 15 is 0 Å². The molecular weight excluding hydrogens is 266 g/mol. The van der Waals surface area contributed by atoms with Crippen molar-refractivity contribution < 1.29 is 9.21 Å². The average Bonchev–Trinajstić information content (AvgIpc) is 3.24. The molecule has 2 fully saturated rings. The van der Waals surface area contributed by atoms with Crippen LogP contribution in [0.5, 0.6) is 0 Å². The van der Waals surface area contributed by atoms with Crippen LogP contribution in [0.2, 0.25) is 0 Å². The number of nitrogens with one attached hydrogen (secondary N) is 2. The minimum Gasteiger partial charge on any atom is -0.431 e. The lowest BCUT2D eigenvalue weighted by atomic mass is 9.95. The Balaban J connectivity index is 1.47. The summed E-state index contributed by atoms with van der Waals surface area (Å²) in [4.78, 5) is 16.4. The van der Waals surface area contributed by atoms with E-state index in [-0.39, 0.29) is 17.7 Å². The molecule has 3 heterocycles. The van der Waals surface area contributed by atoms with Crippen LogP contribution in [0.4, 0.5) is 0 Å². The molecule has 3 atom stereocenters. The summed E-state index contributed by atoms with van der Waals surface area (Å²) in [6.07, 6.45) is 4.87. The van der Waals surface area contributed by atoms with Gasteiger partial charge in [0.05, 0.1) is 6.20 Å². The van der Waals surface area contributed by atoms with E-state index in [1.54, 1.807) is 0 Å². The molecular formula is C16H17N3O2. The molecule has 0 spiro atoms. The molecule has 108 valence electrons. The minimum atomic E-state index is -0.177. The van der Waals surface area contributed by atoms with Gasteiger partial charge in [0.15, 0.2) is 0 Å². The van der Waals surface area contributed by atoms with Gasteiger partial charge in [-0.05, 0) is 31.4 Å². The first-order valence-corrected chi connectivity index (χ1v) is 7.38. The lowest BCUT2D eigenvalue weighted by molar-refractivity contribution is 0.0903. The minimum absolute atomic E-state index is 0.177. The van der Waals surface area contributed by atoms with Gasteiger partial charge < -0.3 is 15.1 Å². The van der Waals surface area contributed by atoms with Crippen molar-refractivity contribution in [1.29, 1.82) is 0 Å². The van der Waals surface area contributed by atoms with E-state index in [0.717, 1.165) is 18.4 Å². The highest BCUT2D eigenvalue weighted by Gasteiger charge is 2.40. The Morgan fingerprint density at radius 1 is 1.29 bits per heavy atom. The van der Waals surface area contributed by atoms with Crippen LogP contribution >= 0.6 is 0 Å². The summed E-state index contributed by atoms with van der Waals surface area (Å²) in [6, 6.07) is 10.8. The zero-order valence-corrected chi connectivity index (χ0v) is 11.6. The highest BCUT2D eigenvalue weighted by molar-refractivity contribution is 5.91. The van der Waals surface area contributed by atoms with E-state index in [1.807, 2.05) is 30.3 Å². The molecule has 3 unspecified atom stereocenters. The van der Waals surface area contributed by atoms with E-state index in [0.29, 0.717) is 18.0 Å². The molecule has 2 aromatic rings. The topological polar surface area (TPSA) is 67.2 Å². The standard InChI is InChI=1S/C16H17N3O2/c20-15(19-13-8-11-6-7-12(13)18-11)14-9-17-16(21-14)10-4-2-1-3-5-10/h1-5,9,11-13,18H,6-8H2,(H,19,20). The van der Waals surface area contributed by atoms with Crippen LogP contribution in [0.15, 0.2) is 40.9 Å². The number of hydrogen-bond acceptors (Lipinski definition) is 4. The highest BCUT2D eigenvalue weighted by atomic mass is 16.4. The van der Waals surface area contributed by atoms with Gasteiger partial charge in [-0.2, -0.15) is 0 Å². The van der Waals surface area contributed by atoms with Crippen LogP contribution < -0.4 is 10.6 Å². The quantitative estimate of drug-likeness (QED) is 0.903. The molecule has 4 rings (SSSR count). The van der Waals surface area contributed by atoms with Crippen molar-refractivity contribution in [2.75, 3.05) is 0 Å². The number of rotatable bonds is 3.